The van der Waals surface area contributed by atoms with Crippen LogP contribution >= 0.6 is 15.9 Å². The molecule has 4 N–H and O–H groups in total. The number of hydrazone groups is 1. The van der Waals surface area contributed by atoms with E-state index in [1.165, 1.54) is 29.5 Å². The van der Waals surface area contributed by atoms with Gasteiger partial charge in [-0.2, -0.15) is 10.1 Å². The standard InChI is InChI=1S/C22H21BrN6O5/c1-28-19-17(20(32)26-22(28)33)29(11-15(30)13-6-4-3-5-7-13)21(25-19)27-24-10-12-8-14(23)18(31)16(9-12)34-2/h3-10,15,30-31H,11H2,1-2H3,(H,25,27)(H,26,32,33). The smallest absolute Gasteiger partial charge is 0.329 e. The van der Waals surface area contributed by atoms with Crippen molar-refractivity contribution < 1.29 is 14.9 Å². The molecule has 11 nitrogen and oxygen atoms in total. The third-order valence-electron chi connectivity index (χ3n) is 5.20. The van der Waals surface area contributed by atoms with Crippen LogP contribution in [0.2, 0.25) is 0 Å². The normalized spacial score (nSPS) is 12.4. The molecule has 4 rings (SSSR count). The number of fused-ring (bicyclic) bond motifs is 1. The summed E-state index contributed by atoms with van der Waals surface area (Å²) in [5.41, 5.74) is 3.05. The first-order chi connectivity index (χ1) is 16.3. The number of imidazole rings is 1. The highest BCUT2D eigenvalue weighted by Gasteiger charge is 2.20. The lowest BCUT2D eigenvalue weighted by Crippen LogP contribution is -2.29. The van der Waals surface area contributed by atoms with Crippen molar-refractivity contribution >= 4 is 39.3 Å². The lowest BCUT2D eigenvalue weighted by Gasteiger charge is -2.14. The molecule has 0 radical (unpaired) electrons. The number of aryl methyl sites for hydroxylation is 1. The second-order valence-corrected chi connectivity index (χ2v) is 8.24. The van der Waals surface area contributed by atoms with Crippen LogP contribution in [0.1, 0.15) is 17.2 Å². The van der Waals surface area contributed by atoms with E-state index in [1.54, 1.807) is 36.4 Å². The Morgan fingerprint density at radius 2 is 2.03 bits per heavy atom. The second-order valence-electron chi connectivity index (χ2n) is 7.39. The fraction of sp³-hybridized carbons (Fsp3) is 0.182. The molecule has 1 unspecified atom stereocenters. The summed E-state index contributed by atoms with van der Waals surface area (Å²) in [6.45, 7) is -0.0156. The first-order valence-electron chi connectivity index (χ1n) is 10.1. The fourth-order valence-electron chi connectivity index (χ4n) is 3.44. The van der Waals surface area contributed by atoms with Gasteiger partial charge in [0.25, 0.3) is 5.56 Å². The first kappa shape index (κ1) is 23.3. The molecular weight excluding hydrogens is 508 g/mol. The van der Waals surface area contributed by atoms with Gasteiger partial charge >= 0.3 is 5.69 Å². The number of methoxy groups -OCH3 is 1. The van der Waals surface area contributed by atoms with Gasteiger partial charge < -0.3 is 14.9 Å². The van der Waals surface area contributed by atoms with E-state index in [-0.39, 0.29) is 35.2 Å². The van der Waals surface area contributed by atoms with Gasteiger partial charge in [0.2, 0.25) is 5.95 Å². The number of phenolic OH excluding ortho intramolecular Hbond substituents is 1. The summed E-state index contributed by atoms with van der Waals surface area (Å²) < 4.78 is 8.24. The summed E-state index contributed by atoms with van der Waals surface area (Å²) in [6.07, 6.45) is 0.518. The van der Waals surface area contributed by atoms with Crippen molar-refractivity contribution in [2.24, 2.45) is 12.1 Å². The molecule has 34 heavy (non-hydrogen) atoms. The molecule has 0 bridgehead atoms. The molecule has 0 saturated carbocycles. The number of aliphatic hydroxyl groups is 1. The average molecular weight is 529 g/mol. The summed E-state index contributed by atoms with van der Waals surface area (Å²) in [6, 6.07) is 12.2. The highest BCUT2D eigenvalue weighted by Crippen LogP contribution is 2.34. The van der Waals surface area contributed by atoms with Gasteiger partial charge in [0, 0.05) is 7.05 Å². The van der Waals surface area contributed by atoms with E-state index >= 15 is 0 Å². The first-order valence-corrected chi connectivity index (χ1v) is 10.9. The van der Waals surface area contributed by atoms with Crippen molar-refractivity contribution in [3.63, 3.8) is 0 Å². The Labute approximate surface area is 201 Å². The van der Waals surface area contributed by atoms with E-state index in [9.17, 15) is 19.8 Å². The van der Waals surface area contributed by atoms with Crippen molar-refractivity contribution in [3.8, 4) is 11.5 Å². The predicted octanol–water partition coefficient (Wildman–Crippen LogP) is 2.08. The van der Waals surface area contributed by atoms with E-state index in [0.717, 1.165) is 0 Å². The minimum absolute atomic E-state index is 0.0156. The number of rotatable bonds is 7. The Morgan fingerprint density at radius 1 is 1.29 bits per heavy atom. The Bertz CT molecular complexity index is 1490. The number of halogens is 1. The van der Waals surface area contributed by atoms with Crippen LogP contribution in [-0.2, 0) is 13.6 Å². The summed E-state index contributed by atoms with van der Waals surface area (Å²) in [7, 11) is 2.92. The Hall–Kier alpha value is -3.90. The van der Waals surface area contributed by atoms with Gasteiger partial charge in [-0.1, -0.05) is 30.3 Å². The van der Waals surface area contributed by atoms with Crippen LogP contribution in [0, 0.1) is 0 Å². The highest BCUT2D eigenvalue weighted by atomic mass is 79.9. The van der Waals surface area contributed by atoms with Crippen LogP contribution in [0.4, 0.5) is 5.95 Å². The molecule has 4 aromatic rings. The highest BCUT2D eigenvalue weighted by molar-refractivity contribution is 9.10. The molecule has 0 amide bonds. The SMILES string of the molecule is COc1cc(C=NNc2nc3c(c(=O)[nH]c(=O)n3C)n2CC(O)c2ccccc2)cc(Br)c1O. The van der Waals surface area contributed by atoms with Crippen LogP contribution in [-0.4, -0.2) is 42.6 Å². The number of benzene rings is 2. The van der Waals surface area contributed by atoms with E-state index in [1.807, 2.05) is 6.07 Å². The molecule has 0 aliphatic carbocycles. The van der Waals surface area contributed by atoms with Crippen LogP contribution in [0.3, 0.4) is 0 Å². The number of nitrogens with zero attached hydrogens (tertiary/aromatic N) is 4. The minimum atomic E-state index is -0.947. The average Bonchev–Trinajstić information content (AvgIpc) is 3.19. The molecule has 0 saturated heterocycles. The van der Waals surface area contributed by atoms with Crippen molar-refractivity contribution in [3.05, 3.63) is 78.9 Å². The van der Waals surface area contributed by atoms with Crippen molar-refractivity contribution in [2.45, 2.75) is 12.6 Å². The number of anilines is 1. The number of H-pyrrole nitrogens is 1. The van der Waals surface area contributed by atoms with E-state index in [4.69, 9.17) is 4.74 Å². The third kappa shape index (κ3) is 4.45. The zero-order valence-electron chi connectivity index (χ0n) is 18.2. The molecule has 0 aliphatic heterocycles. The molecule has 1 atom stereocenters. The lowest BCUT2D eigenvalue weighted by molar-refractivity contribution is 0.158. The molecular formula is C22H21BrN6O5. The molecule has 0 fully saturated rings. The Morgan fingerprint density at radius 3 is 2.74 bits per heavy atom. The van der Waals surface area contributed by atoms with E-state index in [0.29, 0.717) is 15.6 Å². The van der Waals surface area contributed by atoms with Crippen LogP contribution in [0.25, 0.3) is 11.2 Å². The quantitative estimate of drug-likeness (QED) is 0.212. The van der Waals surface area contributed by atoms with Crippen LogP contribution in [0.15, 0.2) is 61.6 Å². The van der Waals surface area contributed by atoms with Crippen molar-refractivity contribution in [1.82, 2.24) is 19.1 Å². The van der Waals surface area contributed by atoms with Gasteiger partial charge in [0.05, 0.1) is 30.4 Å². The van der Waals surface area contributed by atoms with Crippen molar-refractivity contribution in [1.29, 1.82) is 0 Å². The van der Waals surface area contributed by atoms with Gasteiger partial charge in [-0.15, -0.1) is 0 Å². The summed E-state index contributed by atoms with van der Waals surface area (Å²) in [5, 5.41) is 24.9. The van der Waals surface area contributed by atoms with Gasteiger partial charge in [-0.05, 0) is 39.2 Å². The maximum atomic E-state index is 12.6. The van der Waals surface area contributed by atoms with E-state index in [2.05, 4.69) is 36.4 Å². The maximum absolute atomic E-state index is 12.6. The molecule has 2 aromatic carbocycles. The van der Waals surface area contributed by atoms with E-state index < -0.39 is 17.4 Å². The third-order valence-corrected chi connectivity index (χ3v) is 5.80. The number of aromatic nitrogens is 4. The lowest BCUT2D eigenvalue weighted by atomic mass is 10.1. The van der Waals surface area contributed by atoms with Gasteiger partial charge in [-0.3, -0.25) is 18.9 Å². The summed E-state index contributed by atoms with van der Waals surface area (Å²) in [5.74, 6) is 0.373. The maximum Gasteiger partial charge on any atom is 0.329 e. The number of hydrogen-bond donors (Lipinski definition) is 4. The molecule has 0 spiro atoms. The van der Waals surface area contributed by atoms with Crippen molar-refractivity contribution in [2.75, 3.05) is 12.5 Å². The number of aromatic amines is 1. The monoisotopic (exact) mass is 528 g/mol. The zero-order chi connectivity index (χ0) is 24.4. The number of aliphatic hydroxyl groups excluding tert-OH is 1. The minimum Gasteiger partial charge on any atom is -0.503 e. The summed E-state index contributed by atoms with van der Waals surface area (Å²) >= 11 is 3.25. The Balaban J connectivity index is 1.74. The van der Waals surface area contributed by atoms with Crippen LogP contribution in [0.5, 0.6) is 11.5 Å². The van der Waals surface area contributed by atoms with Crippen LogP contribution < -0.4 is 21.4 Å². The van der Waals surface area contributed by atoms with Gasteiger partial charge in [0.15, 0.2) is 22.7 Å². The topological polar surface area (TPSA) is 147 Å². The molecule has 12 heteroatoms. The number of ether oxygens (including phenoxy) is 1. The second kappa shape index (κ2) is 9.53. The Kier molecular flexibility index (Phi) is 6.52. The number of phenols is 1. The fourth-order valence-corrected chi connectivity index (χ4v) is 3.90. The number of nitrogens with one attached hydrogen (secondary N) is 2. The largest absolute Gasteiger partial charge is 0.503 e. The molecule has 0 aliphatic rings. The van der Waals surface area contributed by atoms with Gasteiger partial charge in [-0.25, -0.2) is 10.2 Å². The molecule has 176 valence electrons. The summed E-state index contributed by atoms with van der Waals surface area (Å²) in [4.78, 5) is 31.3. The number of hydrogen-bond acceptors (Lipinski definition) is 8. The van der Waals surface area contributed by atoms with Gasteiger partial charge in [0.1, 0.15) is 0 Å². The molecule has 2 heterocycles. The zero-order valence-corrected chi connectivity index (χ0v) is 19.8. The number of aromatic hydroxyl groups is 1. The predicted molar refractivity (Wildman–Crippen MR) is 131 cm³/mol. The molecule has 2 aromatic heterocycles.